The first-order chi connectivity index (χ1) is 14.3. The molecule has 0 fully saturated rings. The number of para-hydroxylation sites is 1. The predicted molar refractivity (Wildman–Crippen MR) is 115 cm³/mol. The van der Waals surface area contributed by atoms with Gasteiger partial charge in [-0.25, -0.2) is 13.4 Å². The van der Waals surface area contributed by atoms with Crippen molar-refractivity contribution in [2.75, 3.05) is 11.0 Å². The van der Waals surface area contributed by atoms with Crippen molar-refractivity contribution in [3.05, 3.63) is 88.8 Å². The molecule has 4 rings (SSSR count). The van der Waals surface area contributed by atoms with E-state index in [2.05, 4.69) is 9.82 Å². The number of anilines is 1. The Morgan fingerprint density at radius 3 is 2.57 bits per heavy atom. The number of nitrogens with one attached hydrogen (secondary N) is 1. The molecule has 7 nitrogen and oxygen atoms in total. The Kier molecular flexibility index (Phi) is 5.36. The predicted octanol–water partition coefficient (Wildman–Crippen LogP) is 4.30. The van der Waals surface area contributed by atoms with Crippen molar-refractivity contribution in [2.24, 2.45) is 5.10 Å². The Morgan fingerprint density at radius 2 is 1.87 bits per heavy atom. The molecular formula is C21H18ClN3O4S. The van der Waals surface area contributed by atoms with Crippen LogP contribution in [0.25, 0.3) is 0 Å². The molecule has 30 heavy (non-hydrogen) atoms. The minimum atomic E-state index is -3.49. The molecule has 0 spiro atoms. The molecule has 154 valence electrons. The van der Waals surface area contributed by atoms with Crippen molar-refractivity contribution in [3.63, 3.8) is 0 Å². The highest BCUT2D eigenvalue weighted by Gasteiger charge is 2.36. The molecule has 9 heteroatoms. The van der Waals surface area contributed by atoms with E-state index in [0.717, 1.165) is 11.8 Å². The Labute approximate surface area is 179 Å². The first kappa shape index (κ1) is 20.2. The molecule has 2 heterocycles. The highest BCUT2D eigenvalue weighted by Crippen LogP contribution is 2.38. The zero-order valence-electron chi connectivity index (χ0n) is 15.9. The fraction of sp³-hybridized carbons (Fsp3) is 0.143. The minimum Gasteiger partial charge on any atom is -0.459 e. The van der Waals surface area contributed by atoms with Crippen LogP contribution in [-0.2, 0) is 10.0 Å². The van der Waals surface area contributed by atoms with Gasteiger partial charge in [0.1, 0.15) is 0 Å². The zero-order valence-corrected chi connectivity index (χ0v) is 17.5. The number of carbonyl (C=O) groups excluding carboxylic acids is 1. The van der Waals surface area contributed by atoms with Crippen LogP contribution < -0.4 is 4.72 Å². The summed E-state index contributed by atoms with van der Waals surface area (Å²) in [5.41, 5.74) is 2.29. The van der Waals surface area contributed by atoms with Crippen molar-refractivity contribution >= 4 is 38.9 Å². The van der Waals surface area contributed by atoms with Crippen molar-refractivity contribution in [1.29, 1.82) is 0 Å². The van der Waals surface area contributed by atoms with E-state index in [0.29, 0.717) is 28.4 Å². The monoisotopic (exact) mass is 443 g/mol. The third-order valence-corrected chi connectivity index (χ3v) is 5.58. The summed E-state index contributed by atoms with van der Waals surface area (Å²) in [6, 6.07) is 16.9. The molecule has 1 atom stereocenters. The van der Waals surface area contributed by atoms with Crippen molar-refractivity contribution in [1.82, 2.24) is 5.01 Å². The van der Waals surface area contributed by atoms with Gasteiger partial charge in [0.25, 0.3) is 0 Å². The summed E-state index contributed by atoms with van der Waals surface area (Å²) in [5, 5.41) is 6.40. The normalized spacial score (nSPS) is 16.4. The van der Waals surface area contributed by atoms with Gasteiger partial charge in [-0.1, -0.05) is 48.0 Å². The number of sulfonamides is 1. The van der Waals surface area contributed by atoms with E-state index < -0.39 is 22.0 Å². The van der Waals surface area contributed by atoms with E-state index in [4.69, 9.17) is 16.0 Å². The number of hydrazone groups is 1. The van der Waals surface area contributed by atoms with E-state index in [1.807, 2.05) is 18.2 Å². The molecule has 0 radical (unpaired) electrons. The van der Waals surface area contributed by atoms with Crippen LogP contribution in [0.1, 0.15) is 34.1 Å². The molecule has 0 bridgehead atoms. The smallest absolute Gasteiger partial charge is 0.310 e. The van der Waals surface area contributed by atoms with Crippen LogP contribution >= 0.6 is 11.6 Å². The molecule has 1 aliphatic rings. The molecular weight excluding hydrogens is 426 g/mol. The second-order valence-corrected chi connectivity index (χ2v) is 8.99. The van der Waals surface area contributed by atoms with Crippen LogP contribution in [0.15, 0.2) is 76.4 Å². The van der Waals surface area contributed by atoms with Crippen LogP contribution in [0.2, 0.25) is 5.02 Å². The Balaban J connectivity index is 1.78. The number of hydrogen-bond donors (Lipinski definition) is 1. The van der Waals surface area contributed by atoms with Gasteiger partial charge in [0.05, 0.1) is 30.0 Å². The van der Waals surface area contributed by atoms with Crippen LogP contribution in [0.3, 0.4) is 0 Å². The molecule has 1 amide bonds. The zero-order chi connectivity index (χ0) is 21.3. The van der Waals surface area contributed by atoms with Gasteiger partial charge in [-0.2, -0.15) is 5.10 Å². The SMILES string of the molecule is CS(=O)(=O)Nc1ccccc1C1=NN(C(=O)c2ccco2)C(c2ccccc2Cl)C1. The summed E-state index contributed by atoms with van der Waals surface area (Å²) in [4.78, 5) is 13.1. The van der Waals surface area contributed by atoms with Gasteiger partial charge in [-0.05, 0) is 29.8 Å². The molecule has 2 aromatic carbocycles. The highest BCUT2D eigenvalue weighted by molar-refractivity contribution is 7.92. The number of rotatable bonds is 5. The van der Waals surface area contributed by atoms with Gasteiger partial charge >= 0.3 is 5.91 Å². The maximum atomic E-state index is 13.1. The van der Waals surface area contributed by atoms with Gasteiger partial charge in [-0.15, -0.1) is 0 Å². The summed E-state index contributed by atoms with van der Waals surface area (Å²) >= 11 is 6.41. The number of nitrogens with zero attached hydrogens (tertiary/aromatic N) is 2. The Bertz CT molecular complexity index is 1220. The summed E-state index contributed by atoms with van der Waals surface area (Å²) in [5.74, 6) is -0.256. The largest absolute Gasteiger partial charge is 0.459 e. The van der Waals surface area contributed by atoms with Crippen molar-refractivity contribution in [3.8, 4) is 0 Å². The number of furan rings is 1. The first-order valence-corrected chi connectivity index (χ1v) is 11.4. The fourth-order valence-corrected chi connectivity index (χ4v) is 4.22. The number of hydrogen-bond acceptors (Lipinski definition) is 5. The molecule has 1 unspecified atom stereocenters. The molecule has 1 aromatic heterocycles. The van der Waals surface area contributed by atoms with E-state index in [1.54, 1.807) is 42.5 Å². The number of carbonyl (C=O) groups is 1. The van der Waals surface area contributed by atoms with Crippen LogP contribution in [0, 0.1) is 0 Å². The van der Waals surface area contributed by atoms with E-state index in [-0.39, 0.29) is 5.76 Å². The minimum absolute atomic E-state index is 0.152. The maximum absolute atomic E-state index is 13.1. The highest BCUT2D eigenvalue weighted by atomic mass is 35.5. The first-order valence-electron chi connectivity index (χ1n) is 9.09. The topological polar surface area (TPSA) is 92.0 Å². The summed E-state index contributed by atoms with van der Waals surface area (Å²) < 4.78 is 31.3. The number of amides is 1. The van der Waals surface area contributed by atoms with Crippen LogP contribution in [0.4, 0.5) is 5.69 Å². The molecule has 3 aromatic rings. The fourth-order valence-electron chi connectivity index (χ4n) is 3.38. The third kappa shape index (κ3) is 4.10. The summed E-state index contributed by atoms with van der Waals surface area (Å²) in [6.07, 6.45) is 2.86. The van der Waals surface area contributed by atoms with Gasteiger partial charge in [0.2, 0.25) is 10.0 Å². The van der Waals surface area contributed by atoms with Crippen LogP contribution in [0.5, 0.6) is 0 Å². The second-order valence-electron chi connectivity index (χ2n) is 6.83. The molecule has 0 saturated carbocycles. The molecule has 1 N–H and O–H groups in total. The third-order valence-electron chi connectivity index (χ3n) is 4.65. The number of benzene rings is 2. The Morgan fingerprint density at radius 1 is 1.13 bits per heavy atom. The average molecular weight is 444 g/mol. The molecule has 0 aliphatic carbocycles. The van der Waals surface area contributed by atoms with Gasteiger partial charge in [0, 0.05) is 17.0 Å². The maximum Gasteiger partial charge on any atom is 0.310 e. The van der Waals surface area contributed by atoms with Gasteiger partial charge < -0.3 is 4.42 Å². The molecule has 1 aliphatic heterocycles. The Hall–Kier alpha value is -3.10. The lowest BCUT2D eigenvalue weighted by atomic mass is 9.97. The number of halogens is 1. The lowest BCUT2D eigenvalue weighted by Crippen LogP contribution is -2.26. The second kappa shape index (κ2) is 7.97. The van der Waals surface area contributed by atoms with Gasteiger partial charge in [0.15, 0.2) is 5.76 Å². The van der Waals surface area contributed by atoms with E-state index in [9.17, 15) is 13.2 Å². The lowest BCUT2D eigenvalue weighted by Gasteiger charge is -2.22. The summed E-state index contributed by atoms with van der Waals surface area (Å²) in [6.45, 7) is 0. The van der Waals surface area contributed by atoms with E-state index in [1.165, 1.54) is 11.3 Å². The van der Waals surface area contributed by atoms with Crippen molar-refractivity contribution < 1.29 is 17.6 Å². The lowest BCUT2D eigenvalue weighted by molar-refractivity contribution is 0.0678. The van der Waals surface area contributed by atoms with Crippen molar-refractivity contribution in [2.45, 2.75) is 12.5 Å². The summed E-state index contributed by atoms with van der Waals surface area (Å²) in [7, 11) is -3.49. The van der Waals surface area contributed by atoms with Crippen LogP contribution in [-0.4, -0.2) is 31.3 Å². The quantitative estimate of drug-likeness (QED) is 0.636. The van der Waals surface area contributed by atoms with Gasteiger partial charge in [-0.3, -0.25) is 9.52 Å². The average Bonchev–Trinajstić information content (AvgIpc) is 3.37. The molecule has 0 saturated heterocycles. The van der Waals surface area contributed by atoms with E-state index >= 15 is 0 Å². The standard InChI is InChI=1S/C21H18ClN3O4S/c1-30(27,28)24-17-10-5-3-8-15(17)18-13-19(14-7-2-4-9-16(14)22)25(23-18)21(26)20-11-6-12-29-20/h2-12,19,24H,13H2,1H3.